The van der Waals surface area contributed by atoms with Gasteiger partial charge in [0.1, 0.15) is 12.2 Å². The highest BCUT2D eigenvalue weighted by atomic mass is 32.2. The lowest BCUT2D eigenvalue weighted by Crippen LogP contribution is -2.24. The highest BCUT2D eigenvalue weighted by Crippen LogP contribution is 2.33. The van der Waals surface area contributed by atoms with Crippen molar-refractivity contribution in [3.63, 3.8) is 0 Å². The monoisotopic (exact) mass is 307 g/mol. The van der Waals surface area contributed by atoms with Crippen LogP contribution in [0.3, 0.4) is 0 Å². The third kappa shape index (κ3) is 2.52. The van der Waals surface area contributed by atoms with Crippen molar-refractivity contribution >= 4 is 21.6 Å². The number of hydrogen-bond acceptors (Lipinski definition) is 5. The summed E-state index contributed by atoms with van der Waals surface area (Å²) < 4.78 is 26.9. The van der Waals surface area contributed by atoms with Gasteiger partial charge in [-0.25, -0.2) is 18.1 Å². The SMILES string of the molecule is CC1C(=O)Nc2ccc(S(=O)(=O)NCc3ncn[nH]3)cc21. The molecule has 2 heterocycles. The summed E-state index contributed by atoms with van der Waals surface area (Å²) in [5.74, 6) is -0.0662. The zero-order valence-electron chi connectivity index (χ0n) is 11.1. The Morgan fingerprint density at radius 2 is 2.19 bits per heavy atom. The third-order valence-corrected chi connectivity index (χ3v) is 4.74. The number of hydrogen-bond donors (Lipinski definition) is 3. The van der Waals surface area contributed by atoms with Crippen molar-refractivity contribution in [1.29, 1.82) is 0 Å². The molecule has 3 N–H and O–H groups in total. The zero-order chi connectivity index (χ0) is 15.0. The van der Waals surface area contributed by atoms with Gasteiger partial charge in [-0.2, -0.15) is 5.10 Å². The van der Waals surface area contributed by atoms with E-state index in [1.54, 1.807) is 13.0 Å². The molecule has 0 aliphatic carbocycles. The number of nitrogens with one attached hydrogen (secondary N) is 3. The molecular weight excluding hydrogens is 294 g/mol. The molecule has 2 aromatic rings. The first-order valence-corrected chi connectivity index (χ1v) is 7.74. The fraction of sp³-hybridized carbons (Fsp3) is 0.250. The average Bonchev–Trinajstić information content (AvgIpc) is 3.06. The number of nitrogens with zero attached hydrogens (tertiary/aromatic N) is 2. The van der Waals surface area contributed by atoms with Crippen LogP contribution < -0.4 is 10.0 Å². The second-order valence-corrected chi connectivity index (χ2v) is 6.48. The summed E-state index contributed by atoms with van der Waals surface area (Å²) in [5, 5.41) is 8.92. The predicted octanol–water partition coefficient (Wildman–Crippen LogP) is 0.339. The van der Waals surface area contributed by atoms with Crippen LogP contribution in [-0.4, -0.2) is 29.5 Å². The van der Waals surface area contributed by atoms with Gasteiger partial charge in [0.15, 0.2) is 0 Å². The molecule has 1 amide bonds. The summed E-state index contributed by atoms with van der Waals surface area (Å²) in [6, 6.07) is 4.57. The fourth-order valence-electron chi connectivity index (χ4n) is 2.12. The molecule has 0 saturated carbocycles. The largest absolute Gasteiger partial charge is 0.325 e. The molecule has 1 aromatic heterocycles. The van der Waals surface area contributed by atoms with Crippen LogP contribution in [-0.2, 0) is 21.4 Å². The Labute approximate surface area is 121 Å². The van der Waals surface area contributed by atoms with Gasteiger partial charge in [-0.15, -0.1) is 0 Å². The first-order valence-electron chi connectivity index (χ1n) is 6.26. The van der Waals surface area contributed by atoms with Gasteiger partial charge in [-0.05, 0) is 30.7 Å². The highest BCUT2D eigenvalue weighted by molar-refractivity contribution is 7.89. The van der Waals surface area contributed by atoms with Crippen LogP contribution in [0.15, 0.2) is 29.4 Å². The fourth-order valence-corrected chi connectivity index (χ4v) is 3.15. The minimum atomic E-state index is -3.68. The van der Waals surface area contributed by atoms with E-state index >= 15 is 0 Å². The topological polar surface area (TPSA) is 117 Å². The van der Waals surface area contributed by atoms with Crippen molar-refractivity contribution < 1.29 is 13.2 Å². The van der Waals surface area contributed by atoms with E-state index in [0.29, 0.717) is 17.1 Å². The van der Waals surface area contributed by atoms with E-state index in [1.165, 1.54) is 18.5 Å². The number of anilines is 1. The lowest BCUT2D eigenvalue weighted by atomic mass is 10.0. The predicted molar refractivity (Wildman–Crippen MR) is 73.9 cm³/mol. The highest BCUT2D eigenvalue weighted by Gasteiger charge is 2.28. The molecule has 0 bridgehead atoms. The van der Waals surface area contributed by atoms with Crippen LogP contribution in [0.4, 0.5) is 5.69 Å². The molecule has 0 spiro atoms. The Kier molecular flexibility index (Phi) is 3.22. The van der Waals surface area contributed by atoms with Crippen molar-refractivity contribution in [2.75, 3.05) is 5.32 Å². The van der Waals surface area contributed by atoms with Gasteiger partial charge >= 0.3 is 0 Å². The Morgan fingerprint density at radius 3 is 2.90 bits per heavy atom. The van der Waals surface area contributed by atoms with Gasteiger partial charge in [0.2, 0.25) is 15.9 Å². The van der Waals surface area contributed by atoms with Gasteiger partial charge < -0.3 is 5.32 Å². The molecule has 110 valence electrons. The van der Waals surface area contributed by atoms with Gasteiger partial charge in [-0.1, -0.05) is 0 Å². The van der Waals surface area contributed by atoms with Crippen molar-refractivity contribution in [3.05, 3.63) is 35.9 Å². The summed E-state index contributed by atoms with van der Waals surface area (Å²) in [6.07, 6.45) is 1.30. The number of carbonyl (C=O) groups is 1. The molecule has 0 radical (unpaired) electrons. The first kappa shape index (κ1) is 13.7. The second kappa shape index (κ2) is 4.93. The van der Waals surface area contributed by atoms with Gasteiger partial charge in [-0.3, -0.25) is 9.89 Å². The van der Waals surface area contributed by atoms with Crippen LogP contribution in [0.2, 0.25) is 0 Å². The van der Waals surface area contributed by atoms with E-state index in [0.717, 1.165) is 0 Å². The lowest BCUT2D eigenvalue weighted by Gasteiger charge is -2.08. The molecule has 0 saturated heterocycles. The second-order valence-electron chi connectivity index (χ2n) is 4.72. The van der Waals surface area contributed by atoms with Gasteiger partial charge in [0.05, 0.1) is 17.4 Å². The first-order chi connectivity index (χ1) is 9.97. The minimum Gasteiger partial charge on any atom is -0.325 e. The van der Waals surface area contributed by atoms with E-state index in [-0.39, 0.29) is 23.3 Å². The number of carbonyl (C=O) groups excluding carboxylic acids is 1. The molecule has 1 aliphatic heterocycles. The average molecular weight is 307 g/mol. The van der Waals surface area contributed by atoms with Gasteiger partial charge in [0, 0.05) is 5.69 Å². The number of amides is 1. The Hall–Kier alpha value is -2.26. The number of rotatable bonds is 4. The molecule has 8 nitrogen and oxygen atoms in total. The summed E-state index contributed by atoms with van der Waals surface area (Å²) in [7, 11) is -3.68. The van der Waals surface area contributed by atoms with Crippen molar-refractivity contribution in [3.8, 4) is 0 Å². The third-order valence-electron chi connectivity index (χ3n) is 3.35. The molecule has 9 heteroatoms. The molecule has 21 heavy (non-hydrogen) atoms. The van der Waals surface area contributed by atoms with Crippen LogP contribution in [0, 0.1) is 0 Å². The smallest absolute Gasteiger partial charge is 0.240 e. The molecule has 1 atom stereocenters. The maximum atomic E-state index is 12.2. The van der Waals surface area contributed by atoms with Crippen LogP contribution in [0.25, 0.3) is 0 Å². The molecule has 1 unspecified atom stereocenters. The number of aromatic amines is 1. The Morgan fingerprint density at radius 1 is 1.38 bits per heavy atom. The van der Waals surface area contributed by atoms with Crippen molar-refractivity contribution in [1.82, 2.24) is 19.9 Å². The molecular formula is C12H13N5O3S. The maximum absolute atomic E-state index is 12.2. The molecule has 1 aromatic carbocycles. The number of aromatic nitrogens is 3. The Bertz CT molecular complexity index is 785. The molecule has 1 aliphatic rings. The Balaban J connectivity index is 1.85. The van der Waals surface area contributed by atoms with Crippen LogP contribution >= 0.6 is 0 Å². The maximum Gasteiger partial charge on any atom is 0.240 e. The van der Waals surface area contributed by atoms with E-state index < -0.39 is 10.0 Å². The standard InChI is InChI=1S/C12H13N5O3S/c1-7-9-4-8(2-3-10(9)16-12(7)18)21(19,20)15-5-11-13-6-14-17-11/h2-4,6-7,15H,5H2,1H3,(H,16,18)(H,13,14,17). The van der Waals surface area contributed by atoms with Crippen LogP contribution in [0.5, 0.6) is 0 Å². The lowest BCUT2D eigenvalue weighted by molar-refractivity contribution is -0.116. The van der Waals surface area contributed by atoms with E-state index in [2.05, 4.69) is 25.2 Å². The summed E-state index contributed by atoms with van der Waals surface area (Å²) in [6.45, 7) is 1.76. The van der Waals surface area contributed by atoms with E-state index in [9.17, 15) is 13.2 Å². The zero-order valence-corrected chi connectivity index (χ0v) is 11.9. The summed E-state index contributed by atoms with van der Waals surface area (Å²) >= 11 is 0. The van der Waals surface area contributed by atoms with E-state index in [1.807, 2.05) is 0 Å². The summed E-state index contributed by atoms with van der Waals surface area (Å²) in [5.41, 5.74) is 1.34. The van der Waals surface area contributed by atoms with Gasteiger partial charge in [0.25, 0.3) is 0 Å². The number of fused-ring (bicyclic) bond motifs is 1. The van der Waals surface area contributed by atoms with Crippen LogP contribution in [0.1, 0.15) is 24.2 Å². The summed E-state index contributed by atoms with van der Waals surface area (Å²) in [4.78, 5) is 15.5. The normalized spacial score (nSPS) is 17.6. The molecule has 0 fully saturated rings. The minimum absolute atomic E-state index is 0.0200. The van der Waals surface area contributed by atoms with Crippen molar-refractivity contribution in [2.45, 2.75) is 24.3 Å². The number of H-pyrrole nitrogens is 1. The quantitative estimate of drug-likeness (QED) is 0.753. The van der Waals surface area contributed by atoms with E-state index in [4.69, 9.17) is 0 Å². The molecule has 3 rings (SSSR count). The number of benzene rings is 1. The number of sulfonamides is 1. The van der Waals surface area contributed by atoms with Crippen molar-refractivity contribution in [2.24, 2.45) is 0 Å².